The minimum Gasteiger partial charge on any atom is -0.468 e. The highest BCUT2D eigenvalue weighted by atomic mass is 32.1. The minimum absolute atomic E-state index is 0.0853. The molecule has 13 rings (SSSR count). The van der Waals surface area contributed by atoms with Gasteiger partial charge in [0.2, 0.25) is 0 Å². The molecule has 0 amide bonds. The average Bonchev–Trinajstić information content (AvgIpc) is 3.88. The van der Waals surface area contributed by atoms with Crippen molar-refractivity contribution >= 4 is 89.1 Å². The van der Waals surface area contributed by atoms with Crippen molar-refractivity contribution in [2.75, 3.05) is 9.80 Å². The summed E-state index contributed by atoms with van der Waals surface area (Å²) < 4.78 is 8.58. The third kappa shape index (κ3) is 5.01. The first-order valence-electron chi connectivity index (χ1n) is 21.5. The molecule has 0 fully saturated rings. The second kappa shape index (κ2) is 13.1. The molecule has 2 aromatic heterocycles. The van der Waals surface area contributed by atoms with Crippen molar-refractivity contribution in [2.45, 2.75) is 51.4 Å². The molecule has 4 heterocycles. The first-order valence-corrected chi connectivity index (χ1v) is 22.3. The van der Waals surface area contributed by atoms with Crippen molar-refractivity contribution in [3.8, 4) is 22.3 Å². The Kier molecular flexibility index (Phi) is 7.48. The predicted molar refractivity (Wildman–Crippen MR) is 250 cm³/mol. The first-order chi connectivity index (χ1) is 29.3. The fraction of sp³-hybridized carbons (Fsp3) is 0.148. The molecule has 59 heavy (non-hydrogen) atoms. The zero-order chi connectivity index (χ0) is 38.6. The molecule has 3 nitrogen and oxygen atoms in total. The highest BCUT2D eigenvalue weighted by Crippen LogP contribution is 2.53. The number of para-hydroxylation sites is 1. The monoisotopic (exact) mass is 776 g/mol. The average molecular weight is 777 g/mol. The van der Waals surface area contributed by atoms with E-state index in [4.69, 9.17) is 4.42 Å². The third-order valence-electron chi connectivity index (χ3n) is 13.6. The van der Waals surface area contributed by atoms with Gasteiger partial charge in [-0.2, -0.15) is 0 Å². The predicted octanol–water partition coefficient (Wildman–Crippen LogP) is 12.8. The lowest BCUT2D eigenvalue weighted by atomic mass is 9.35. The Morgan fingerprint density at radius 3 is 1.63 bits per heavy atom. The summed E-state index contributed by atoms with van der Waals surface area (Å²) in [5.74, 6) is 0. The number of furan rings is 1. The molecule has 2 aliphatic heterocycles. The molecule has 9 aromatic rings. The summed E-state index contributed by atoms with van der Waals surface area (Å²) in [5, 5.41) is 3.74. The fourth-order valence-corrected chi connectivity index (χ4v) is 12.2. The lowest BCUT2D eigenvalue weighted by molar-refractivity contribution is 0.651. The van der Waals surface area contributed by atoms with Gasteiger partial charge in [-0.3, -0.25) is 0 Å². The number of fused-ring (bicyclic) bond motifs is 10. The van der Waals surface area contributed by atoms with Crippen molar-refractivity contribution in [3.05, 3.63) is 174 Å². The van der Waals surface area contributed by atoms with E-state index in [1.807, 2.05) is 11.3 Å². The van der Waals surface area contributed by atoms with Crippen LogP contribution in [-0.4, -0.2) is 6.71 Å². The molecule has 282 valence electrons. The number of hydrogen-bond donors (Lipinski definition) is 0. The number of benzene rings is 7. The lowest BCUT2D eigenvalue weighted by Crippen LogP contribution is -2.60. The van der Waals surface area contributed by atoms with Gasteiger partial charge in [0.15, 0.2) is 0 Å². The van der Waals surface area contributed by atoms with Crippen LogP contribution in [0.5, 0.6) is 0 Å². The molecule has 0 unspecified atom stereocenters. The molecule has 7 aromatic carbocycles. The first kappa shape index (κ1) is 33.7. The molecule has 0 atom stereocenters. The van der Waals surface area contributed by atoms with Crippen LogP contribution in [0.4, 0.5) is 33.4 Å². The largest absolute Gasteiger partial charge is 0.468 e. The standard InChI is InChI=1S/C54H41BN2OS/c1-3-16-34(17-4-1)42-30-36-20-7-9-22-38(36)32-46(42)56-44-26-15-27-45-51(44)55(53-52(56)40-24-11-13-28-48(40)58-53)50-41-25-12-14-29-49(41)59-54(50)57(45)47-33-39-23-10-8-21-37(39)31-43(47)35-18-5-2-6-19-35/h1-6,11-19,24-33H,7-10,20-23H2. The Labute approximate surface area is 349 Å². The quantitative estimate of drug-likeness (QED) is 0.166. The maximum atomic E-state index is 7.28. The van der Waals surface area contributed by atoms with Crippen LogP contribution >= 0.6 is 11.3 Å². The zero-order valence-electron chi connectivity index (χ0n) is 32.9. The van der Waals surface area contributed by atoms with Gasteiger partial charge in [0.1, 0.15) is 5.58 Å². The van der Waals surface area contributed by atoms with E-state index in [1.54, 1.807) is 0 Å². The van der Waals surface area contributed by atoms with Gasteiger partial charge in [0.25, 0.3) is 6.71 Å². The summed E-state index contributed by atoms with van der Waals surface area (Å²) in [6, 6.07) is 57.1. The normalized spacial score (nSPS) is 15.2. The third-order valence-corrected chi connectivity index (χ3v) is 14.8. The van der Waals surface area contributed by atoms with Crippen molar-refractivity contribution < 1.29 is 4.42 Å². The Morgan fingerprint density at radius 2 is 0.983 bits per heavy atom. The fourth-order valence-electron chi connectivity index (χ4n) is 10.9. The van der Waals surface area contributed by atoms with E-state index >= 15 is 0 Å². The topological polar surface area (TPSA) is 19.6 Å². The maximum absolute atomic E-state index is 7.28. The molecule has 0 bridgehead atoms. The van der Waals surface area contributed by atoms with Crippen LogP contribution in [0.15, 0.2) is 156 Å². The van der Waals surface area contributed by atoms with Crippen LogP contribution in [0, 0.1) is 0 Å². The number of nitrogens with zero attached hydrogens (tertiary/aromatic N) is 2. The number of rotatable bonds is 4. The van der Waals surface area contributed by atoms with Gasteiger partial charge < -0.3 is 14.2 Å². The SMILES string of the molecule is c1ccc(-c2cc3c(cc2N2c4cccc5c4B(c4oc6ccccc6c4N5c4cc5c(cc4-c4ccccc4)CCCC5)c4c2sc2ccccc42)CCCC3)cc1. The number of aryl methyl sites for hydroxylation is 4. The van der Waals surface area contributed by atoms with Gasteiger partial charge in [-0.05, 0) is 156 Å². The summed E-state index contributed by atoms with van der Waals surface area (Å²) in [6.45, 7) is -0.0853. The number of anilines is 6. The summed E-state index contributed by atoms with van der Waals surface area (Å²) in [4.78, 5) is 5.24. The molecule has 4 aliphatic rings. The van der Waals surface area contributed by atoms with Crippen LogP contribution in [-0.2, 0) is 25.7 Å². The smallest absolute Gasteiger partial charge is 0.298 e. The van der Waals surface area contributed by atoms with Crippen LogP contribution in [0.2, 0.25) is 0 Å². The molecule has 0 saturated carbocycles. The van der Waals surface area contributed by atoms with E-state index in [0.29, 0.717) is 0 Å². The van der Waals surface area contributed by atoms with Gasteiger partial charge in [-0.25, -0.2) is 0 Å². The lowest BCUT2D eigenvalue weighted by Gasteiger charge is -2.42. The van der Waals surface area contributed by atoms with Gasteiger partial charge >= 0.3 is 0 Å². The van der Waals surface area contributed by atoms with E-state index in [0.717, 1.165) is 48.0 Å². The van der Waals surface area contributed by atoms with Crippen molar-refractivity contribution in [1.82, 2.24) is 0 Å². The second-order valence-electron chi connectivity index (χ2n) is 16.9. The molecule has 0 spiro atoms. The van der Waals surface area contributed by atoms with Crippen LogP contribution in [0.25, 0.3) is 43.3 Å². The summed E-state index contributed by atoms with van der Waals surface area (Å²) >= 11 is 1.92. The Balaban J connectivity index is 1.15. The van der Waals surface area contributed by atoms with Gasteiger partial charge in [-0.1, -0.05) is 97.1 Å². The van der Waals surface area contributed by atoms with Crippen LogP contribution in [0.3, 0.4) is 0 Å². The Hall–Kier alpha value is -6.30. The van der Waals surface area contributed by atoms with Gasteiger partial charge in [-0.15, -0.1) is 11.3 Å². The Bertz CT molecular complexity index is 3150. The number of hydrogen-bond acceptors (Lipinski definition) is 4. The summed E-state index contributed by atoms with van der Waals surface area (Å²) in [5.41, 5.74) is 21.7. The van der Waals surface area contributed by atoms with Crippen molar-refractivity contribution in [2.24, 2.45) is 0 Å². The summed E-state index contributed by atoms with van der Waals surface area (Å²) in [6.07, 6.45) is 9.47. The summed E-state index contributed by atoms with van der Waals surface area (Å²) in [7, 11) is 0. The van der Waals surface area contributed by atoms with Crippen molar-refractivity contribution in [1.29, 1.82) is 0 Å². The minimum atomic E-state index is -0.0853. The van der Waals surface area contributed by atoms with Crippen LogP contribution < -0.4 is 26.4 Å². The highest BCUT2D eigenvalue weighted by molar-refractivity contribution is 7.26. The molecule has 0 radical (unpaired) electrons. The molecule has 0 saturated heterocycles. The molecular weight excluding hydrogens is 735 g/mol. The van der Waals surface area contributed by atoms with E-state index < -0.39 is 0 Å². The second-order valence-corrected chi connectivity index (χ2v) is 17.9. The molecular formula is C54H41BN2OS. The van der Waals surface area contributed by atoms with Crippen LogP contribution in [0.1, 0.15) is 47.9 Å². The zero-order valence-corrected chi connectivity index (χ0v) is 33.7. The number of thiophene rings is 1. The van der Waals surface area contributed by atoms with E-state index in [1.165, 1.54) is 119 Å². The Morgan fingerprint density at radius 1 is 0.458 bits per heavy atom. The molecule has 5 heteroatoms. The van der Waals surface area contributed by atoms with E-state index in [9.17, 15) is 0 Å². The molecule has 2 aliphatic carbocycles. The van der Waals surface area contributed by atoms with Gasteiger partial charge in [0, 0.05) is 32.6 Å². The molecule has 0 N–H and O–H groups in total. The van der Waals surface area contributed by atoms with E-state index in [2.05, 4.69) is 161 Å². The van der Waals surface area contributed by atoms with E-state index in [-0.39, 0.29) is 6.71 Å². The van der Waals surface area contributed by atoms with Crippen molar-refractivity contribution in [3.63, 3.8) is 0 Å². The maximum Gasteiger partial charge on any atom is 0.298 e. The van der Waals surface area contributed by atoms with Gasteiger partial charge in [0.05, 0.1) is 27.7 Å². The highest BCUT2D eigenvalue weighted by Gasteiger charge is 2.48.